The number of hydrogen-bond donors (Lipinski definition) is 0. The van der Waals surface area contributed by atoms with Crippen LogP contribution in [0.2, 0.25) is 0 Å². The third-order valence-corrected chi connectivity index (χ3v) is 12.4. The molecule has 0 aliphatic heterocycles. The van der Waals surface area contributed by atoms with Crippen molar-refractivity contribution in [2.75, 3.05) is 4.90 Å². The molecule has 0 unspecified atom stereocenters. The molecule has 0 spiro atoms. The van der Waals surface area contributed by atoms with Gasteiger partial charge in [-0.2, -0.15) is 0 Å². The number of furan rings is 4. The van der Waals surface area contributed by atoms with E-state index in [1.165, 1.54) is 10.8 Å². The van der Waals surface area contributed by atoms with Crippen LogP contribution in [0.4, 0.5) is 17.1 Å². The van der Waals surface area contributed by atoms with Gasteiger partial charge in [-0.15, -0.1) is 0 Å². The first-order valence-corrected chi connectivity index (χ1v) is 19.9. The van der Waals surface area contributed by atoms with Crippen LogP contribution in [0.5, 0.6) is 0 Å². The van der Waals surface area contributed by atoms with Crippen LogP contribution in [-0.2, 0) is 0 Å². The molecule has 10 aromatic carbocycles. The Balaban J connectivity index is 0.983. The number of benzene rings is 10. The molecule has 0 radical (unpaired) electrons. The lowest BCUT2D eigenvalue weighted by molar-refractivity contribution is 0.668. The van der Waals surface area contributed by atoms with Gasteiger partial charge in [-0.1, -0.05) is 66.7 Å². The van der Waals surface area contributed by atoms with Crippen LogP contribution in [0.1, 0.15) is 0 Å². The molecule has 0 N–H and O–H groups in total. The maximum Gasteiger partial charge on any atom is 0.137 e. The van der Waals surface area contributed by atoms with Crippen LogP contribution >= 0.6 is 0 Å². The fourth-order valence-electron chi connectivity index (χ4n) is 9.66. The second-order valence-corrected chi connectivity index (χ2v) is 15.6. The summed E-state index contributed by atoms with van der Waals surface area (Å²) in [6, 6.07) is 61.9. The zero-order chi connectivity index (χ0) is 38.3. The Bertz CT molecular complexity index is 3950. The minimum atomic E-state index is 0.806. The zero-order valence-corrected chi connectivity index (χ0v) is 31.3. The highest BCUT2D eigenvalue weighted by Crippen LogP contribution is 2.45. The van der Waals surface area contributed by atoms with Crippen molar-refractivity contribution in [2.24, 2.45) is 0 Å². The summed E-state index contributed by atoms with van der Waals surface area (Å²) in [4.78, 5) is 2.26. The van der Waals surface area contributed by atoms with E-state index in [1.54, 1.807) is 0 Å². The Morgan fingerprint density at radius 2 is 0.610 bits per heavy atom. The Hall–Kier alpha value is -8.02. The Kier molecular flexibility index (Phi) is 5.96. The zero-order valence-electron chi connectivity index (χ0n) is 31.3. The van der Waals surface area contributed by atoms with Crippen LogP contribution < -0.4 is 4.90 Å². The highest BCUT2D eigenvalue weighted by molar-refractivity contribution is 6.27. The minimum absolute atomic E-state index is 0.806. The van der Waals surface area contributed by atoms with Gasteiger partial charge in [0.25, 0.3) is 0 Å². The molecule has 5 heteroatoms. The van der Waals surface area contributed by atoms with E-state index in [9.17, 15) is 0 Å². The second-order valence-electron chi connectivity index (χ2n) is 15.6. The molecule has 59 heavy (non-hydrogen) atoms. The Morgan fingerprint density at radius 1 is 0.237 bits per heavy atom. The van der Waals surface area contributed by atoms with Crippen molar-refractivity contribution in [3.05, 3.63) is 176 Å². The van der Waals surface area contributed by atoms with E-state index in [1.807, 2.05) is 12.1 Å². The highest BCUT2D eigenvalue weighted by Gasteiger charge is 2.21. The predicted molar refractivity (Wildman–Crippen MR) is 243 cm³/mol. The van der Waals surface area contributed by atoms with E-state index < -0.39 is 0 Å². The summed E-state index contributed by atoms with van der Waals surface area (Å²) in [6.45, 7) is 0. The Labute approximate surface area is 334 Å². The molecule has 274 valence electrons. The maximum absolute atomic E-state index is 6.71. The molecule has 0 amide bonds. The second kappa shape index (κ2) is 11.3. The van der Waals surface area contributed by atoms with Crippen LogP contribution in [0, 0.1) is 0 Å². The van der Waals surface area contributed by atoms with Gasteiger partial charge in [0.2, 0.25) is 0 Å². The summed E-state index contributed by atoms with van der Waals surface area (Å²) < 4.78 is 26.2. The predicted octanol–water partition coefficient (Wildman–Crippen LogP) is 16.2. The monoisotopic (exact) mass is 755 g/mol. The molecular formula is C54H29NO4. The summed E-state index contributed by atoms with van der Waals surface area (Å²) in [6.07, 6.45) is 0. The first-order valence-electron chi connectivity index (χ1n) is 19.9. The smallest absolute Gasteiger partial charge is 0.137 e. The van der Waals surface area contributed by atoms with Gasteiger partial charge >= 0.3 is 0 Å². The lowest BCUT2D eigenvalue weighted by Gasteiger charge is -2.25. The van der Waals surface area contributed by atoms with E-state index in [2.05, 4.69) is 169 Å². The SMILES string of the molecule is c1ccc2cc3c(cc2c1)oc1cc(N(c2ccc4c(c2)oc2cc5ccccc5cc24)c2ccc4c(c2)oc2ccc5c(ccc6oc7ccccc7c65)c24)ccc13. The molecule has 4 heterocycles. The molecule has 0 aliphatic rings. The molecule has 5 nitrogen and oxygen atoms in total. The van der Waals surface area contributed by atoms with Gasteiger partial charge in [-0.3, -0.25) is 0 Å². The van der Waals surface area contributed by atoms with Crippen molar-refractivity contribution in [1.29, 1.82) is 0 Å². The molecular weight excluding hydrogens is 727 g/mol. The first-order chi connectivity index (χ1) is 29.2. The van der Waals surface area contributed by atoms with Gasteiger partial charge in [0.15, 0.2) is 0 Å². The Morgan fingerprint density at radius 3 is 1.15 bits per heavy atom. The lowest BCUT2D eigenvalue weighted by Crippen LogP contribution is -2.09. The fraction of sp³-hybridized carbons (Fsp3) is 0. The van der Waals surface area contributed by atoms with E-state index in [4.69, 9.17) is 17.7 Å². The third kappa shape index (κ3) is 4.39. The van der Waals surface area contributed by atoms with Crippen molar-refractivity contribution >= 4 is 137 Å². The summed E-state index contributed by atoms with van der Waals surface area (Å²) >= 11 is 0. The molecule has 0 aliphatic carbocycles. The first kappa shape index (κ1) is 31.1. The van der Waals surface area contributed by atoms with Gasteiger partial charge in [0.05, 0.1) is 0 Å². The number of nitrogens with zero attached hydrogens (tertiary/aromatic N) is 1. The van der Waals surface area contributed by atoms with E-state index in [0.29, 0.717) is 0 Å². The number of fused-ring (bicyclic) bond motifs is 17. The van der Waals surface area contributed by atoms with Gasteiger partial charge in [0, 0.05) is 78.4 Å². The summed E-state index contributed by atoms with van der Waals surface area (Å²) in [5.41, 5.74) is 9.67. The fourth-order valence-corrected chi connectivity index (χ4v) is 9.66. The van der Waals surface area contributed by atoms with Gasteiger partial charge in [0.1, 0.15) is 44.7 Å². The normalized spacial score (nSPS) is 12.4. The van der Waals surface area contributed by atoms with Gasteiger partial charge < -0.3 is 22.6 Å². The number of rotatable bonds is 3. The number of para-hydroxylation sites is 1. The quantitative estimate of drug-likeness (QED) is 0.180. The van der Waals surface area contributed by atoms with Crippen LogP contribution in [0.3, 0.4) is 0 Å². The molecule has 14 aromatic rings. The lowest BCUT2D eigenvalue weighted by atomic mass is 9.99. The van der Waals surface area contributed by atoms with Gasteiger partial charge in [-0.05, 0) is 123 Å². The van der Waals surface area contributed by atoms with Crippen LogP contribution in [0.15, 0.2) is 194 Å². The number of anilines is 3. The van der Waals surface area contributed by atoms with Crippen LogP contribution in [0.25, 0.3) is 120 Å². The number of hydrogen-bond acceptors (Lipinski definition) is 5. The minimum Gasteiger partial charge on any atom is -0.456 e. The largest absolute Gasteiger partial charge is 0.456 e. The molecule has 0 saturated carbocycles. The van der Waals surface area contributed by atoms with E-state index in [0.717, 1.165) is 126 Å². The molecule has 0 bridgehead atoms. The van der Waals surface area contributed by atoms with Gasteiger partial charge in [-0.25, -0.2) is 0 Å². The summed E-state index contributed by atoms with van der Waals surface area (Å²) in [7, 11) is 0. The van der Waals surface area contributed by atoms with Crippen molar-refractivity contribution < 1.29 is 17.7 Å². The average Bonchev–Trinajstić information content (AvgIpc) is 4.04. The maximum atomic E-state index is 6.71. The summed E-state index contributed by atoms with van der Waals surface area (Å²) in [5.74, 6) is 0. The molecule has 0 saturated heterocycles. The topological polar surface area (TPSA) is 55.8 Å². The highest BCUT2D eigenvalue weighted by atomic mass is 16.3. The van der Waals surface area contributed by atoms with E-state index in [-0.39, 0.29) is 0 Å². The molecule has 14 rings (SSSR count). The summed E-state index contributed by atoms with van der Waals surface area (Å²) in [5, 5.41) is 15.7. The average molecular weight is 756 g/mol. The standard InChI is InChI=1S/C54H29NO4/c1-3-9-32-25-48-43(23-30(32)7-1)37-16-13-34(27-50(37)58-48)55(35-14-17-38-44-24-31-8-2-4-10-33(31)26-49(44)59-51(38)28-35)36-15-18-42-52(29-36)57-47-22-20-39-40(54(42)47)19-21-46-53(39)41-11-5-6-12-45(41)56-46/h1-29H. The van der Waals surface area contributed by atoms with E-state index >= 15 is 0 Å². The van der Waals surface area contributed by atoms with Crippen LogP contribution in [-0.4, -0.2) is 0 Å². The molecule has 0 fully saturated rings. The van der Waals surface area contributed by atoms with Crippen molar-refractivity contribution in [3.63, 3.8) is 0 Å². The van der Waals surface area contributed by atoms with Crippen molar-refractivity contribution in [1.82, 2.24) is 0 Å². The van der Waals surface area contributed by atoms with Crippen molar-refractivity contribution in [3.8, 4) is 0 Å². The molecule has 4 aromatic heterocycles. The molecule has 0 atom stereocenters. The van der Waals surface area contributed by atoms with Crippen molar-refractivity contribution in [2.45, 2.75) is 0 Å². The third-order valence-electron chi connectivity index (χ3n) is 12.4.